The Balaban J connectivity index is 2.64. The summed E-state index contributed by atoms with van der Waals surface area (Å²) in [4.78, 5) is 3.97. The van der Waals surface area contributed by atoms with Gasteiger partial charge >= 0.3 is 0 Å². The molecule has 0 spiro atoms. The van der Waals surface area contributed by atoms with E-state index in [4.69, 9.17) is 28.9 Å². The molecule has 2 aromatic rings. The van der Waals surface area contributed by atoms with E-state index >= 15 is 0 Å². The number of nitrogens with one attached hydrogen (secondary N) is 1. The normalized spacial score (nSPS) is 10.4. The lowest BCUT2D eigenvalue weighted by atomic mass is 10.2. The van der Waals surface area contributed by atoms with Crippen molar-refractivity contribution in [2.75, 3.05) is 5.73 Å². The smallest absolute Gasteiger partial charge is 0.157 e. The first-order chi connectivity index (χ1) is 6.68. The summed E-state index contributed by atoms with van der Waals surface area (Å²) in [5.41, 5.74) is 6.85. The maximum Gasteiger partial charge on any atom is 0.157 e. The molecule has 3 N–H and O–H groups in total. The van der Waals surface area contributed by atoms with Gasteiger partial charge in [0.15, 0.2) is 5.82 Å². The second kappa shape index (κ2) is 3.48. The van der Waals surface area contributed by atoms with Crippen molar-refractivity contribution in [3.8, 4) is 11.4 Å². The van der Waals surface area contributed by atoms with Gasteiger partial charge in [0.2, 0.25) is 0 Å². The first-order valence-corrected chi connectivity index (χ1v) is 4.54. The van der Waals surface area contributed by atoms with Crippen LogP contribution in [0.1, 0.15) is 0 Å². The average molecular weight is 229 g/mol. The summed E-state index contributed by atoms with van der Waals surface area (Å²) in [6, 6.07) is 3.27. The Labute approximate surface area is 90.1 Å². The van der Waals surface area contributed by atoms with E-state index in [9.17, 15) is 0 Å². The van der Waals surface area contributed by atoms with E-state index in [-0.39, 0.29) is 0 Å². The summed E-state index contributed by atoms with van der Waals surface area (Å²) < 4.78 is 0. The molecule has 0 fully saturated rings. The van der Waals surface area contributed by atoms with Crippen molar-refractivity contribution < 1.29 is 0 Å². The van der Waals surface area contributed by atoms with E-state index in [1.807, 2.05) is 0 Å². The number of aromatic nitrogens is 3. The molecule has 14 heavy (non-hydrogen) atoms. The van der Waals surface area contributed by atoms with Crippen LogP contribution in [0, 0.1) is 0 Å². The number of aromatic amines is 1. The molecule has 0 bridgehead atoms. The van der Waals surface area contributed by atoms with Gasteiger partial charge in [-0.2, -0.15) is 5.10 Å². The SMILES string of the molecule is Nc1c(Cl)cc(Cl)cc1-c1ncn[nH]1. The predicted octanol–water partition coefficient (Wildman–Crippen LogP) is 2.36. The third kappa shape index (κ3) is 1.54. The van der Waals surface area contributed by atoms with Crippen molar-refractivity contribution in [1.82, 2.24) is 15.2 Å². The molecule has 0 unspecified atom stereocenters. The Morgan fingerprint density at radius 2 is 2.07 bits per heavy atom. The van der Waals surface area contributed by atoms with Crippen molar-refractivity contribution >= 4 is 28.9 Å². The van der Waals surface area contributed by atoms with Crippen LogP contribution >= 0.6 is 23.2 Å². The summed E-state index contributed by atoms with van der Waals surface area (Å²) in [7, 11) is 0. The molecule has 1 aromatic heterocycles. The number of benzene rings is 1. The van der Waals surface area contributed by atoms with Crippen LogP contribution in [0.4, 0.5) is 5.69 Å². The Morgan fingerprint density at radius 1 is 1.29 bits per heavy atom. The largest absolute Gasteiger partial charge is 0.397 e. The summed E-state index contributed by atoms with van der Waals surface area (Å²) in [6.45, 7) is 0. The van der Waals surface area contributed by atoms with Crippen molar-refractivity contribution in [2.45, 2.75) is 0 Å². The molecule has 0 saturated heterocycles. The summed E-state index contributed by atoms with van der Waals surface area (Å²) in [5, 5.41) is 7.33. The first kappa shape index (κ1) is 9.30. The van der Waals surface area contributed by atoms with Crippen LogP contribution in [0.15, 0.2) is 18.5 Å². The number of H-pyrrole nitrogens is 1. The number of hydrogen-bond acceptors (Lipinski definition) is 3. The maximum absolute atomic E-state index is 5.86. The minimum Gasteiger partial charge on any atom is -0.397 e. The van der Waals surface area contributed by atoms with Gasteiger partial charge in [-0.3, -0.25) is 5.10 Å². The number of hydrogen-bond donors (Lipinski definition) is 2. The fourth-order valence-corrected chi connectivity index (χ4v) is 1.61. The lowest BCUT2D eigenvalue weighted by Crippen LogP contribution is -1.93. The van der Waals surface area contributed by atoms with Crippen molar-refractivity contribution in [3.63, 3.8) is 0 Å². The topological polar surface area (TPSA) is 67.6 Å². The standard InChI is InChI=1S/C8H6Cl2N4/c9-4-1-5(7(11)6(10)2-4)8-12-3-13-14-8/h1-3H,11H2,(H,12,13,14). The second-order valence-electron chi connectivity index (χ2n) is 2.68. The molecule has 1 heterocycles. The number of anilines is 1. The van der Waals surface area contributed by atoms with Crippen LogP contribution in [0.3, 0.4) is 0 Å². The molecule has 0 saturated carbocycles. The van der Waals surface area contributed by atoms with Crippen LogP contribution in [-0.4, -0.2) is 15.2 Å². The van der Waals surface area contributed by atoms with Gasteiger partial charge in [-0.25, -0.2) is 4.98 Å². The van der Waals surface area contributed by atoms with Crippen LogP contribution < -0.4 is 5.73 Å². The Bertz CT molecular complexity index is 453. The lowest BCUT2D eigenvalue weighted by Gasteiger charge is -2.04. The minimum absolute atomic E-state index is 0.406. The quantitative estimate of drug-likeness (QED) is 0.737. The number of rotatable bonds is 1. The number of halogens is 2. The maximum atomic E-state index is 5.86. The van der Waals surface area contributed by atoms with Crippen LogP contribution in [0.2, 0.25) is 10.0 Å². The van der Waals surface area contributed by atoms with Crippen LogP contribution in [-0.2, 0) is 0 Å². The monoisotopic (exact) mass is 228 g/mol. The number of nitrogen functional groups attached to an aromatic ring is 1. The van der Waals surface area contributed by atoms with Crippen molar-refractivity contribution in [2.24, 2.45) is 0 Å². The highest BCUT2D eigenvalue weighted by Crippen LogP contribution is 2.32. The highest BCUT2D eigenvalue weighted by Gasteiger charge is 2.09. The van der Waals surface area contributed by atoms with Crippen LogP contribution in [0.25, 0.3) is 11.4 Å². The zero-order valence-electron chi connectivity index (χ0n) is 6.96. The van der Waals surface area contributed by atoms with E-state index < -0.39 is 0 Å². The summed E-state index contributed by atoms with van der Waals surface area (Å²) in [5.74, 6) is 0.548. The van der Waals surface area contributed by atoms with Gasteiger partial charge in [0.05, 0.1) is 10.7 Å². The van der Waals surface area contributed by atoms with E-state index in [0.717, 1.165) is 0 Å². The van der Waals surface area contributed by atoms with Crippen molar-refractivity contribution in [1.29, 1.82) is 0 Å². The zero-order valence-corrected chi connectivity index (χ0v) is 8.47. The highest BCUT2D eigenvalue weighted by molar-refractivity contribution is 6.37. The van der Waals surface area contributed by atoms with Gasteiger partial charge in [-0.05, 0) is 12.1 Å². The molecule has 0 aliphatic heterocycles. The van der Waals surface area contributed by atoms with E-state index in [2.05, 4.69) is 15.2 Å². The fraction of sp³-hybridized carbons (Fsp3) is 0. The van der Waals surface area contributed by atoms with E-state index in [1.54, 1.807) is 12.1 Å². The van der Waals surface area contributed by atoms with Gasteiger partial charge in [0.1, 0.15) is 6.33 Å². The molecule has 0 radical (unpaired) electrons. The second-order valence-corrected chi connectivity index (χ2v) is 3.53. The molecule has 4 nitrogen and oxygen atoms in total. The Morgan fingerprint density at radius 3 is 2.71 bits per heavy atom. The van der Waals surface area contributed by atoms with E-state index in [0.29, 0.717) is 27.1 Å². The Kier molecular flexibility index (Phi) is 2.31. The van der Waals surface area contributed by atoms with Gasteiger partial charge in [-0.15, -0.1) is 0 Å². The Hall–Kier alpha value is -1.26. The summed E-state index contributed by atoms with van der Waals surface area (Å²) in [6.07, 6.45) is 1.39. The first-order valence-electron chi connectivity index (χ1n) is 3.78. The van der Waals surface area contributed by atoms with E-state index in [1.165, 1.54) is 6.33 Å². The molecule has 2 rings (SSSR count). The van der Waals surface area contributed by atoms with Gasteiger partial charge in [0, 0.05) is 10.6 Å². The van der Waals surface area contributed by atoms with Gasteiger partial charge < -0.3 is 5.73 Å². The molecule has 0 atom stereocenters. The highest BCUT2D eigenvalue weighted by atomic mass is 35.5. The molecule has 0 aliphatic carbocycles. The number of nitrogens with zero attached hydrogens (tertiary/aromatic N) is 2. The third-order valence-electron chi connectivity index (χ3n) is 1.76. The number of nitrogens with two attached hydrogens (primary N) is 1. The van der Waals surface area contributed by atoms with Crippen molar-refractivity contribution in [3.05, 3.63) is 28.5 Å². The molecular weight excluding hydrogens is 223 g/mol. The van der Waals surface area contributed by atoms with Crippen LogP contribution in [0.5, 0.6) is 0 Å². The lowest BCUT2D eigenvalue weighted by molar-refractivity contribution is 1.10. The molecular formula is C8H6Cl2N4. The predicted molar refractivity (Wildman–Crippen MR) is 56.3 cm³/mol. The molecule has 0 amide bonds. The third-order valence-corrected chi connectivity index (χ3v) is 2.30. The zero-order chi connectivity index (χ0) is 10.1. The van der Waals surface area contributed by atoms with Gasteiger partial charge in [0.25, 0.3) is 0 Å². The fourth-order valence-electron chi connectivity index (χ4n) is 1.12. The summed E-state index contributed by atoms with van der Waals surface area (Å²) >= 11 is 11.7. The average Bonchev–Trinajstić information content (AvgIpc) is 2.63. The van der Waals surface area contributed by atoms with Gasteiger partial charge in [-0.1, -0.05) is 23.2 Å². The molecule has 6 heteroatoms. The molecule has 72 valence electrons. The molecule has 0 aliphatic rings. The molecule has 1 aromatic carbocycles. The minimum atomic E-state index is 0.406.